The molecule has 23 heavy (non-hydrogen) atoms. The molecule has 1 aromatic carbocycles. The average Bonchev–Trinajstić information content (AvgIpc) is 2.43. The fraction of sp³-hybridized carbons (Fsp3) is 0.611. The van der Waals surface area contributed by atoms with Crippen LogP contribution in [0.4, 0.5) is 20.6 Å². The van der Waals surface area contributed by atoms with Gasteiger partial charge in [0, 0.05) is 11.7 Å². The zero-order valence-electron chi connectivity index (χ0n) is 14.4. The smallest absolute Gasteiger partial charge is 0.412 e. The number of nitrogens with one attached hydrogen (secondary N) is 2. The Kier molecular flexibility index (Phi) is 5.50. The molecular weight excluding hydrogens is 295 g/mol. The molecule has 0 aliphatic heterocycles. The Hall–Kier alpha value is -1.78. The summed E-state index contributed by atoms with van der Waals surface area (Å²) in [6, 6.07) is 4.81. The van der Waals surface area contributed by atoms with Gasteiger partial charge >= 0.3 is 6.09 Å². The van der Waals surface area contributed by atoms with Crippen LogP contribution < -0.4 is 10.6 Å². The van der Waals surface area contributed by atoms with Crippen LogP contribution >= 0.6 is 0 Å². The molecule has 0 heterocycles. The molecule has 1 saturated carbocycles. The van der Waals surface area contributed by atoms with Crippen molar-refractivity contribution in [1.29, 1.82) is 0 Å². The van der Waals surface area contributed by atoms with E-state index in [0.717, 1.165) is 31.6 Å². The van der Waals surface area contributed by atoms with E-state index in [1.165, 1.54) is 12.1 Å². The lowest BCUT2D eigenvalue weighted by Crippen LogP contribution is -2.27. The third-order valence-electron chi connectivity index (χ3n) is 3.99. The van der Waals surface area contributed by atoms with Gasteiger partial charge in [-0.2, -0.15) is 0 Å². The maximum atomic E-state index is 14.0. The summed E-state index contributed by atoms with van der Waals surface area (Å²) in [7, 11) is 0. The zero-order valence-corrected chi connectivity index (χ0v) is 14.4. The van der Waals surface area contributed by atoms with Gasteiger partial charge in [0.25, 0.3) is 0 Å². The number of halogens is 1. The number of benzene rings is 1. The van der Waals surface area contributed by atoms with Crippen molar-refractivity contribution in [2.45, 2.75) is 65.0 Å². The molecule has 0 aromatic heterocycles. The molecular formula is C18H27FN2O2. The summed E-state index contributed by atoms with van der Waals surface area (Å²) in [5.74, 6) is 0.441. The molecule has 0 saturated heterocycles. The lowest BCUT2D eigenvalue weighted by Gasteiger charge is -2.28. The van der Waals surface area contributed by atoms with Crippen LogP contribution in [0.3, 0.4) is 0 Å². The van der Waals surface area contributed by atoms with E-state index in [9.17, 15) is 9.18 Å². The summed E-state index contributed by atoms with van der Waals surface area (Å²) in [4.78, 5) is 11.8. The largest absolute Gasteiger partial charge is 0.444 e. The Morgan fingerprint density at radius 3 is 2.48 bits per heavy atom. The summed E-state index contributed by atoms with van der Waals surface area (Å²) in [5.41, 5.74) is 0.384. The molecule has 0 unspecified atom stereocenters. The van der Waals surface area contributed by atoms with Gasteiger partial charge in [0.2, 0.25) is 0 Å². The quantitative estimate of drug-likeness (QED) is 0.808. The van der Waals surface area contributed by atoms with Crippen molar-refractivity contribution in [2.75, 3.05) is 10.6 Å². The maximum Gasteiger partial charge on any atom is 0.412 e. The van der Waals surface area contributed by atoms with Crippen molar-refractivity contribution in [3.63, 3.8) is 0 Å². The van der Waals surface area contributed by atoms with Crippen LogP contribution in [0.1, 0.15) is 53.4 Å². The van der Waals surface area contributed by atoms with Crippen molar-refractivity contribution >= 4 is 17.5 Å². The second-order valence-corrected chi connectivity index (χ2v) is 7.42. The number of hydrogen-bond acceptors (Lipinski definition) is 3. The van der Waals surface area contributed by atoms with Gasteiger partial charge in [-0.15, -0.1) is 0 Å². The number of carbonyl (C=O) groups is 1. The second-order valence-electron chi connectivity index (χ2n) is 7.42. The monoisotopic (exact) mass is 322 g/mol. The highest BCUT2D eigenvalue weighted by molar-refractivity contribution is 5.85. The second kappa shape index (κ2) is 7.20. The zero-order chi connectivity index (χ0) is 17.0. The molecule has 4 nitrogen and oxygen atoms in total. The molecule has 0 spiro atoms. The minimum Gasteiger partial charge on any atom is -0.444 e. The van der Waals surface area contributed by atoms with Crippen LogP contribution in [-0.2, 0) is 4.74 Å². The fourth-order valence-corrected chi connectivity index (χ4v) is 2.76. The molecule has 0 atom stereocenters. The lowest BCUT2D eigenvalue weighted by molar-refractivity contribution is 0.0636. The van der Waals surface area contributed by atoms with Gasteiger partial charge in [-0.05, 0) is 70.6 Å². The van der Waals surface area contributed by atoms with Crippen molar-refractivity contribution in [1.82, 2.24) is 0 Å². The first-order valence-corrected chi connectivity index (χ1v) is 8.29. The van der Waals surface area contributed by atoms with Crippen molar-refractivity contribution in [3.05, 3.63) is 24.0 Å². The molecule has 0 radical (unpaired) electrons. The van der Waals surface area contributed by atoms with E-state index >= 15 is 0 Å². The van der Waals surface area contributed by atoms with Gasteiger partial charge in [0.05, 0.1) is 5.69 Å². The Morgan fingerprint density at radius 1 is 1.22 bits per heavy atom. The predicted molar refractivity (Wildman–Crippen MR) is 91.3 cm³/mol. The summed E-state index contributed by atoms with van der Waals surface area (Å²) in [6.07, 6.45) is 3.88. The van der Waals surface area contributed by atoms with Crippen molar-refractivity contribution in [2.24, 2.45) is 5.92 Å². The van der Waals surface area contributed by atoms with E-state index in [1.807, 2.05) is 0 Å². The Bertz CT molecular complexity index is 546. The number of rotatable bonds is 3. The number of ether oxygens (including phenoxy) is 1. The number of hydrogen-bond donors (Lipinski definition) is 2. The topological polar surface area (TPSA) is 50.4 Å². The molecule has 5 heteroatoms. The Balaban J connectivity index is 1.99. The first-order valence-electron chi connectivity index (χ1n) is 8.29. The van der Waals surface area contributed by atoms with Crippen LogP contribution in [-0.4, -0.2) is 17.7 Å². The van der Waals surface area contributed by atoms with Gasteiger partial charge < -0.3 is 10.1 Å². The van der Waals surface area contributed by atoms with E-state index in [1.54, 1.807) is 26.8 Å². The van der Waals surface area contributed by atoms with Crippen molar-refractivity contribution < 1.29 is 13.9 Å². The van der Waals surface area contributed by atoms with Crippen LogP contribution in [0.5, 0.6) is 0 Å². The standard InChI is InChI=1S/C18H27FN2O2/c1-12-5-7-13(8-6-12)20-16-11-14(9-10-15(16)19)21-17(22)23-18(2,3)4/h9-13,20H,5-8H2,1-4H3,(H,21,22). The summed E-state index contributed by atoms with van der Waals surface area (Å²) in [6.45, 7) is 7.65. The van der Waals surface area contributed by atoms with E-state index in [0.29, 0.717) is 11.4 Å². The van der Waals surface area contributed by atoms with Crippen LogP contribution in [0.25, 0.3) is 0 Å². The third-order valence-corrected chi connectivity index (χ3v) is 3.99. The SMILES string of the molecule is CC1CCC(Nc2cc(NC(=O)OC(C)(C)C)ccc2F)CC1. The highest BCUT2D eigenvalue weighted by atomic mass is 19.1. The third kappa shape index (κ3) is 5.73. The Morgan fingerprint density at radius 2 is 1.87 bits per heavy atom. The molecule has 2 N–H and O–H groups in total. The highest BCUT2D eigenvalue weighted by Crippen LogP contribution is 2.28. The molecule has 0 bridgehead atoms. The summed E-state index contributed by atoms with van der Waals surface area (Å²) >= 11 is 0. The van der Waals surface area contributed by atoms with E-state index in [-0.39, 0.29) is 11.9 Å². The predicted octanol–water partition coefficient (Wildman–Crippen LogP) is 5.16. The minimum absolute atomic E-state index is 0.289. The fourth-order valence-electron chi connectivity index (χ4n) is 2.76. The molecule has 2 rings (SSSR count). The number of carbonyl (C=O) groups excluding carboxylic acids is 1. The first-order chi connectivity index (χ1) is 10.7. The van der Waals surface area contributed by atoms with E-state index in [4.69, 9.17) is 4.74 Å². The molecule has 1 aliphatic rings. The van der Waals surface area contributed by atoms with Gasteiger partial charge in [0.1, 0.15) is 11.4 Å². The maximum absolute atomic E-state index is 14.0. The van der Waals surface area contributed by atoms with E-state index in [2.05, 4.69) is 17.6 Å². The number of anilines is 2. The van der Waals surface area contributed by atoms with Gasteiger partial charge in [-0.25, -0.2) is 9.18 Å². The molecule has 1 aromatic rings. The molecule has 128 valence electrons. The normalized spacial score (nSPS) is 21.6. The minimum atomic E-state index is -0.565. The van der Waals surface area contributed by atoms with Crippen LogP contribution in [0, 0.1) is 11.7 Å². The Labute approximate surface area is 137 Å². The molecule has 1 fully saturated rings. The lowest BCUT2D eigenvalue weighted by atomic mass is 9.87. The highest BCUT2D eigenvalue weighted by Gasteiger charge is 2.20. The summed E-state index contributed by atoms with van der Waals surface area (Å²) in [5, 5.41) is 5.91. The summed E-state index contributed by atoms with van der Waals surface area (Å²) < 4.78 is 19.2. The van der Waals surface area contributed by atoms with Crippen LogP contribution in [0.2, 0.25) is 0 Å². The average molecular weight is 322 g/mol. The molecule has 1 aliphatic carbocycles. The van der Waals surface area contributed by atoms with Crippen molar-refractivity contribution in [3.8, 4) is 0 Å². The first kappa shape index (κ1) is 17.6. The van der Waals surface area contributed by atoms with E-state index < -0.39 is 11.7 Å². The van der Waals surface area contributed by atoms with Gasteiger partial charge in [-0.3, -0.25) is 5.32 Å². The van der Waals surface area contributed by atoms with Crippen LogP contribution in [0.15, 0.2) is 18.2 Å². The molecule has 1 amide bonds. The van der Waals surface area contributed by atoms with Gasteiger partial charge in [0.15, 0.2) is 0 Å². The number of amides is 1. The van der Waals surface area contributed by atoms with Gasteiger partial charge in [-0.1, -0.05) is 6.92 Å².